The number of nitrogens with one attached hydrogen (secondary N) is 3. The number of halogens is 1. The zero-order valence-electron chi connectivity index (χ0n) is 15.6. The molecule has 3 N–H and O–H groups in total. The molecule has 0 spiro atoms. The Morgan fingerprint density at radius 2 is 1.71 bits per heavy atom. The standard InChI is InChI=1S/C20H22ClN3O3S/c1-3-26-17-11-5-14(13-18(17)27-4-2)6-12-19(25)23-24-20(28)22-16-9-7-15(21)8-10-16/h5-13H,3-4H2,1-2H3,(H,23,25)(H2,22,24,28)/b12-6+. The molecule has 0 aromatic heterocycles. The lowest BCUT2D eigenvalue weighted by atomic mass is 10.2. The number of hydrogen-bond acceptors (Lipinski definition) is 4. The Hall–Kier alpha value is -2.77. The maximum absolute atomic E-state index is 12.0. The van der Waals surface area contributed by atoms with Crippen LogP contribution in [-0.2, 0) is 4.79 Å². The summed E-state index contributed by atoms with van der Waals surface area (Å²) in [4.78, 5) is 12.0. The Labute approximate surface area is 174 Å². The third kappa shape index (κ3) is 7.09. The van der Waals surface area contributed by atoms with Gasteiger partial charge in [0.05, 0.1) is 13.2 Å². The maximum Gasteiger partial charge on any atom is 0.262 e. The zero-order valence-corrected chi connectivity index (χ0v) is 17.2. The minimum Gasteiger partial charge on any atom is -0.490 e. The van der Waals surface area contributed by atoms with Crippen LogP contribution in [0.5, 0.6) is 11.5 Å². The third-order valence-electron chi connectivity index (χ3n) is 3.40. The lowest BCUT2D eigenvalue weighted by molar-refractivity contribution is -0.116. The lowest BCUT2D eigenvalue weighted by Gasteiger charge is -2.11. The number of thiocarbonyl (C=S) groups is 1. The largest absolute Gasteiger partial charge is 0.490 e. The van der Waals surface area contributed by atoms with Crippen LogP contribution in [0, 0.1) is 0 Å². The van der Waals surface area contributed by atoms with Crippen molar-refractivity contribution >= 4 is 46.6 Å². The second kappa shape index (κ2) is 11.2. The monoisotopic (exact) mass is 419 g/mol. The molecule has 2 aromatic carbocycles. The molecule has 28 heavy (non-hydrogen) atoms. The van der Waals surface area contributed by atoms with Crippen molar-refractivity contribution in [3.05, 3.63) is 59.1 Å². The van der Waals surface area contributed by atoms with Crippen LogP contribution in [0.3, 0.4) is 0 Å². The Morgan fingerprint density at radius 3 is 2.39 bits per heavy atom. The first kappa shape index (κ1) is 21.5. The van der Waals surface area contributed by atoms with Gasteiger partial charge in [-0.1, -0.05) is 17.7 Å². The van der Waals surface area contributed by atoms with Gasteiger partial charge in [-0.25, -0.2) is 0 Å². The van der Waals surface area contributed by atoms with Crippen LogP contribution in [0.4, 0.5) is 5.69 Å². The summed E-state index contributed by atoms with van der Waals surface area (Å²) in [5.41, 5.74) is 6.69. The fourth-order valence-electron chi connectivity index (χ4n) is 2.20. The van der Waals surface area contributed by atoms with Crippen molar-refractivity contribution < 1.29 is 14.3 Å². The summed E-state index contributed by atoms with van der Waals surface area (Å²) in [6.07, 6.45) is 3.06. The van der Waals surface area contributed by atoms with E-state index in [0.29, 0.717) is 29.7 Å². The van der Waals surface area contributed by atoms with Crippen LogP contribution < -0.4 is 25.6 Å². The minimum absolute atomic E-state index is 0.253. The van der Waals surface area contributed by atoms with Crippen LogP contribution in [0.25, 0.3) is 6.08 Å². The van der Waals surface area contributed by atoms with Gasteiger partial charge >= 0.3 is 0 Å². The summed E-state index contributed by atoms with van der Waals surface area (Å²) < 4.78 is 11.1. The zero-order chi connectivity index (χ0) is 20.4. The summed E-state index contributed by atoms with van der Waals surface area (Å²) in [6, 6.07) is 12.5. The predicted octanol–water partition coefficient (Wildman–Crippen LogP) is 4.17. The number of carbonyl (C=O) groups excluding carboxylic acids is 1. The van der Waals surface area contributed by atoms with Crippen molar-refractivity contribution in [3.8, 4) is 11.5 Å². The van der Waals surface area contributed by atoms with Gasteiger partial charge in [0.1, 0.15) is 0 Å². The fourth-order valence-corrected chi connectivity index (χ4v) is 2.49. The van der Waals surface area contributed by atoms with E-state index >= 15 is 0 Å². The smallest absolute Gasteiger partial charge is 0.262 e. The quantitative estimate of drug-likeness (QED) is 0.355. The van der Waals surface area contributed by atoms with Gasteiger partial charge in [-0.05, 0) is 74.1 Å². The molecule has 1 amide bonds. The molecule has 2 aromatic rings. The Morgan fingerprint density at radius 1 is 1.04 bits per heavy atom. The number of benzene rings is 2. The SMILES string of the molecule is CCOc1ccc(/C=C/C(=O)NNC(=S)Nc2ccc(Cl)cc2)cc1OCC. The van der Waals surface area contributed by atoms with Crippen LogP contribution in [0.2, 0.25) is 5.02 Å². The molecule has 0 unspecified atom stereocenters. The molecule has 0 bridgehead atoms. The third-order valence-corrected chi connectivity index (χ3v) is 3.85. The van der Waals surface area contributed by atoms with Gasteiger partial charge in [0.15, 0.2) is 16.6 Å². The lowest BCUT2D eigenvalue weighted by Crippen LogP contribution is -2.43. The van der Waals surface area contributed by atoms with E-state index in [4.69, 9.17) is 33.3 Å². The van der Waals surface area contributed by atoms with Crippen molar-refractivity contribution in [1.29, 1.82) is 0 Å². The average molecular weight is 420 g/mol. The molecular weight excluding hydrogens is 398 g/mol. The molecule has 6 nitrogen and oxygen atoms in total. The van der Waals surface area contributed by atoms with E-state index < -0.39 is 0 Å². The van der Waals surface area contributed by atoms with Gasteiger partial charge in [-0.3, -0.25) is 15.6 Å². The van der Waals surface area contributed by atoms with E-state index in [1.165, 1.54) is 6.08 Å². The Bertz CT molecular complexity index is 841. The first-order valence-electron chi connectivity index (χ1n) is 8.72. The molecule has 0 aliphatic carbocycles. The molecule has 0 radical (unpaired) electrons. The minimum atomic E-state index is -0.355. The molecule has 2 rings (SSSR count). The number of carbonyl (C=O) groups is 1. The molecule has 0 aliphatic heterocycles. The summed E-state index contributed by atoms with van der Waals surface area (Å²) in [7, 11) is 0. The summed E-state index contributed by atoms with van der Waals surface area (Å²) in [5.74, 6) is 0.955. The number of rotatable bonds is 7. The predicted molar refractivity (Wildman–Crippen MR) is 117 cm³/mol. The topological polar surface area (TPSA) is 71.6 Å². The van der Waals surface area contributed by atoms with Gasteiger partial charge in [0.2, 0.25) is 0 Å². The van der Waals surface area contributed by atoms with E-state index in [1.54, 1.807) is 30.3 Å². The molecule has 148 valence electrons. The number of anilines is 1. The normalized spacial score (nSPS) is 10.4. The van der Waals surface area contributed by atoms with E-state index in [9.17, 15) is 4.79 Å². The Balaban J connectivity index is 1.87. The molecule has 8 heteroatoms. The van der Waals surface area contributed by atoms with Gasteiger partial charge in [0.25, 0.3) is 5.91 Å². The number of amides is 1. The second-order valence-corrected chi connectivity index (χ2v) is 6.33. The highest BCUT2D eigenvalue weighted by Gasteiger charge is 2.05. The van der Waals surface area contributed by atoms with Crippen LogP contribution in [-0.4, -0.2) is 24.2 Å². The van der Waals surface area contributed by atoms with E-state index in [2.05, 4.69) is 16.2 Å². The highest BCUT2D eigenvalue weighted by molar-refractivity contribution is 7.80. The Kier molecular flexibility index (Phi) is 8.58. The summed E-state index contributed by atoms with van der Waals surface area (Å²) in [6.45, 7) is 4.88. The van der Waals surface area contributed by atoms with Crippen LogP contribution in [0.1, 0.15) is 19.4 Å². The maximum atomic E-state index is 12.0. The van der Waals surface area contributed by atoms with Crippen LogP contribution in [0.15, 0.2) is 48.5 Å². The van der Waals surface area contributed by atoms with E-state index in [0.717, 1.165) is 11.3 Å². The highest BCUT2D eigenvalue weighted by atomic mass is 35.5. The first-order chi connectivity index (χ1) is 13.5. The van der Waals surface area contributed by atoms with E-state index in [1.807, 2.05) is 32.0 Å². The van der Waals surface area contributed by atoms with Crippen molar-refractivity contribution in [2.75, 3.05) is 18.5 Å². The number of hydrogen-bond donors (Lipinski definition) is 3. The van der Waals surface area contributed by atoms with Gasteiger partial charge in [-0.2, -0.15) is 0 Å². The van der Waals surface area contributed by atoms with Crippen molar-refractivity contribution in [2.45, 2.75) is 13.8 Å². The first-order valence-corrected chi connectivity index (χ1v) is 9.50. The van der Waals surface area contributed by atoms with Gasteiger partial charge < -0.3 is 14.8 Å². The van der Waals surface area contributed by atoms with Crippen molar-refractivity contribution in [1.82, 2.24) is 10.9 Å². The highest BCUT2D eigenvalue weighted by Crippen LogP contribution is 2.28. The van der Waals surface area contributed by atoms with Gasteiger partial charge in [-0.15, -0.1) is 0 Å². The molecule has 0 saturated heterocycles. The van der Waals surface area contributed by atoms with Crippen molar-refractivity contribution in [3.63, 3.8) is 0 Å². The fraction of sp³-hybridized carbons (Fsp3) is 0.200. The summed E-state index contributed by atoms with van der Waals surface area (Å²) >= 11 is 11.0. The molecule has 0 aliphatic rings. The molecule has 0 heterocycles. The average Bonchev–Trinajstić information content (AvgIpc) is 2.68. The molecule has 0 atom stereocenters. The molecule has 0 saturated carbocycles. The van der Waals surface area contributed by atoms with Gasteiger partial charge in [0, 0.05) is 16.8 Å². The molecule has 0 fully saturated rings. The van der Waals surface area contributed by atoms with Crippen molar-refractivity contribution in [2.24, 2.45) is 0 Å². The van der Waals surface area contributed by atoms with Crippen LogP contribution >= 0.6 is 23.8 Å². The molecular formula is C20H22ClN3O3S. The van der Waals surface area contributed by atoms with E-state index in [-0.39, 0.29) is 11.0 Å². The number of hydrazine groups is 1. The second-order valence-electron chi connectivity index (χ2n) is 5.48. The summed E-state index contributed by atoms with van der Waals surface area (Å²) in [5, 5.41) is 3.81. The number of ether oxygens (including phenoxy) is 2.